The van der Waals surface area contributed by atoms with Gasteiger partial charge >= 0.3 is 11.9 Å². The summed E-state index contributed by atoms with van der Waals surface area (Å²) in [5, 5.41) is 17.1. The number of aliphatic carboxylic acids is 2. The molecule has 0 heterocycles. The van der Waals surface area contributed by atoms with Crippen LogP contribution in [0.1, 0.15) is 40.5 Å². The number of carboxylic acids is 2. The van der Waals surface area contributed by atoms with Crippen molar-refractivity contribution < 1.29 is 19.8 Å². The molecule has 0 saturated heterocycles. The molecule has 0 saturated carbocycles. The fourth-order valence-electron chi connectivity index (χ4n) is 1.59. The summed E-state index contributed by atoms with van der Waals surface area (Å²) in [6.07, 6.45) is 1.26. The highest BCUT2D eigenvalue weighted by molar-refractivity contribution is 5.73. The number of carbonyl (C=O) groups is 2. The fraction of sp³-hybridized carbons (Fsp3) is 0.857. The molecule has 0 aliphatic carbocycles. The van der Waals surface area contributed by atoms with E-state index >= 15 is 0 Å². The summed E-state index contributed by atoms with van der Waals surface area (Å²) in [5.41, 5.74) is 5.22. The molecule has 0 aliphatic heterocycles. The molecule has 0 aromatic carbocycles. The van der Waals surface area contributed by atoms with Gasteiger partial charge < -0.3 is 15.9 Å². The van der Waals surface area contributed by atoms with Gasteiger partial charge in [-0.1, -0.05) is 27.7 Å². The Morgan fingerprint density at radius 2 is 1.35 bits per heavy atom. The van der Waals surface area contributed by atoms with Crippen LogP contribution in [-0.2, 0) is 9.59 Å². The van der Waals surface area contributed by atoms with E-state index in [2.05, 4.69) is 0 Å². The Hall–Kier alpha value is -1.14. The Morgan fingerprint density at radius 1 is 0.950 bits per heavy atom. The molecule has 6 nitrogen and oxygen atoms in total. The monoisotopic (exact) mass is 290 g/mol. The number of hydrogen-bond donors (Lipinski definition) is 3. The summed E-state index contributed by atoms with van der Waals surface area (Å²) in [6.45, 7) is 7.95. The van der Waals surface area contributed by atoms with Crippen LogP contribution in [0.25, 0.3) is 0 Å². The Bertz CT molecular complexity index is 291. The topological polar surface area (TPSA) is 104 Å². The predicted octanol–water partition coefficient (Wildman–Crippen LogP) is 1.49. The minimum absolute atomic E-state index is 0.338. The first-order valence-corrected chi connectivity index (χ1v) is 6.86. The lowest BCUT2D eigenvalue weighted by atomic mass is 10.0. The Balaban J connectivity index is 0. The van der Waals surface area contributed by atoms with E-state index in [0.29, 0.717) is 24.7 Å². The largest absolute Gasteiger partial charge is 0.480 e. The third-order valence-electron chi connectivity index (χ3n) is 2.65. The van der Waals surface area contributed by atoms with Crippen LogP contribution >= 0.6 is 0 Å². The first-order chi connectivity index (χ1) is 8.98. The molecule has 0 fully saturated rings. The van der Waals surface area contributed by atoms with Gasteiger partial charge in [0.05, 0.1) is 0 Å². The maximum absolute atomic E-state index is 10.6. The SMILES string of the molecule is CC(C)C[C@@H](C(=O)O)N(C)C.CC(C)C[C@H](N)C(=O)O. The molecule has 0 aliphatic rings. The highest BCUT2D eigenvalue weighted by atomic mass is 16.4. The average Bonchev–Trinajstić information content (AvgIpc) is 2.24. The zero-order valence-corrected chi connectivity index (χ0v) is 13.5. The van der Waals surface area contributed by atoms with Crippen LogP contribution in [0.3, 0.4) is 0 Å². The van der Waals surface area contributed by atoms with E-state index in [1.54, 1.807) is 19.0 Å². The van der Waals surface area contributed by atoms with Gasteiger partial charge in [-0.2, -0.15) is 0 Å². The van der Waals surface area contributed by atoms with Gasteiger partial charge in [0, 0.05) is 0 Å². The number of nitrogens with zero attached hydrogens (tertiary/aromatic N) is 1. The molecule has 4 N–H and O–H groups in total. The van der Waals surface area contributed by atoms with Crippen molar-refractivity contribution in [1.82, 2.24) is 4.90 Å². The van der Waals surface area contributed by atoms with Crippen molar-refractivity contribution in [2.75, 3.05) is 14.1 Å². The third kappa shape index (κ3) is 11.9. The second-order valence-electron chi connectivity index (χ2n) is 6.02. The average molecular weight is 290 g/mol. The molecule has 0 aromatic heterocycles. The lowest BCUT2D eigenvalue weighted by molar-refractivity contribution is -0.143. The molecule has 0 rings (SSSR count). The summed E-state index contributed by atoms with van der Waals surface area (Å²) >= 11 is 0. The van der Waals surface area contributed by atoms with Crippen molar-refractivity contribution in [3.63, 3.8) is 0 Å². The van der Waals surface area contributed by atoms with E-state index < -0.39 is 18.0 Å². The van der Waals surface area contributed by atoms with Crippen LogP contribution in [-0.4, -0.2) is 53.2 Å². The van der Waals surface area contributed by atoms with E-state index in [0.717, 1.165) is 0 Å². The van der Waals surface area contributed by atoms with Gasteiger partial charge in [0.2, 0.25) is 0 Å². The Morgan fingerprint density at radius 3 is 1.45 bits per heavy atom. The van der Waals surface area contributed by atoms with Gasteiger partial charge in [-0.05, 0) is 38.8 Å². The van der Waals surface area contributed by atoms with Gasteiger partial charge in [0.25, 0.3) is 0 Å². The molecule has 0 bridgehead atoms. The molecule has 0 radical (unpaired) electrons. The van der Waals surface area contributed by atoms with Crippen LogP contribution < -0.4 is 5.73 Å². The highest BCUT2D eigenvalue weighted by Gasteiger charge is 2.20. The van der Waals surface area contributed by atoms with Crippen LogP contribution in [0.2, 0.25) is 0 Å². The smallest absolute Gasteiger partial charge is 0.320 e. The zero-order valence-electron chi connectivity index (χ0n) is 13.5. The van der Waals surface area contributed by atoms with E-state index in [1.165, 1.54) is 0 Å². The van der Waals surface area contributed by atoms with Crippen molar-refractivity contribution in [2.45, 2.75) is 52.6 Å². The Labute approximate surface area is 122 Å². The van der Waals surface area contributed by atoms with E-state index in [9.17, 15) is 9.59 Å². The zero-order chi connectivity index (χ0) is 16.5. The second kappa shape index (κ2) is 10.6. The van der Waals surface area contributed by atoms with Gasteiger partial charge in [0.15, 0.2) is 0 Å². The molecule has 120 valence electrons. The van der Waals surface area contributed by atoms with E-state index in [-0.39, 0.29) is 6.04 Å². The maximum atomic E-state index is 10.6. The predicted molar refractivity (Wildman–Crippen MR) is 79.6 cm³/mol. The van der Waals surface area contributed by atoms with Crippen LogP contribution in [0.15, 0.2) is 0 Å². The van der Waals surface area contributed by atoms with Crippen LogP contribution in [0, 0.1) is 11.8 Å². The quantitative estimate of drug-likeness (QED) is 0.656. The first kappa shape index (κ1) is 21.2. The third-order valence-corrected chi connectivity index (χ3v) is 2.65. The number of carboxylic acid groups (broad SMARTS) is 2. The maximum Gasteiger partial charge on any atom is 0.320 e. The second-order valence-corrected chi connectivity index (χ2v) is 6.02. The molecule has 6 heteroatoms. The van der Waals surface area contributed by atoms with Gasteiger partial charge in [0.1, 0.15) is 12.1 Å². The number of nitrogens with two attached hydrogens (primary N) is 1. The minimum Gasteiger partial charge on any atom is -0.480 e. The standard InChI is InChI=1S/C8H17NO2.C6H13NO2/c1-6(2)5-7(8(10)11)9(3)4;1-4(2)3-5(7)6(8)9/h6-7H,5H2,1-4H3,(H,10,11);4-5H,3,7H2,1-2H3,(H,8,9)/t7-;5-/m00/s1. The summed E-state index contributed by atoms with van der Waals surface area (Å²) in [7, 11) is 3.59. The van der Waals surface area contributed by atoms with Crippen LogP contribution in [0.4, 0.5) is 0 Å². The summed E-state index contributed by atoms with van der Waals surface area (Å²) in [4.78, 5) is 22.5. The molecule has 0 amide bonds. The van der Waals surface area contributed by atoms with Gasteiger partial charge in [-0.3, -0.25) is 14.5 Å². The molecule has 0 aromatic rings. The van der Waals surface area contributed by atoms with Crippen molar-refractivity contribution in [3.8, 4) is 0 Å². The van der Waals surface area contributed by atoms with E-state index in [4.69, 9.17) is 15.9 Å². The Kier molecular flexibility index (Phi) is 11.2. The summed E-state index contributed by atoms with van der Waals surface area (Å²) in [6, 6.07) is -1.03. The number of hydrogen-bond acceptors (Lipinski definition) is 4. The fourth-order valence-corrected chi connectivity index (χ4v) is 1.59. The first-order valence-electron chi connectivity index (χ1n) is 6.86. The molecule has 0 spiro atoms. The molecule has 0 unspecified atom stereocenters. The normalized spacial score (nSPS) is 13.9. The van der Waals surface area contributed by atoms with Crippen molar-refractivity contribution in [1.29, 1.82) is 0 Å². The van der Waals surface area contributed by atoms with Crippen molar-refractivity contribution >= 4 is 11.9 Å². The molecular formula is C14H30N2O4. The molecular weight excluding hydrogens is 260 g/mol. The molecule has 20 heavy (non-hydrogen) atoms. The number of rotatable bonds is 7. The van der Waals surface area contributed by atoms with Crippen molar-refractivity contribution in [2.24, 2.45) is 17.6 Å². The van der Waals surface area contributed by atoms with Crippen LogP contribution in [0.5, 0.6) is 0 Å². The lowest BCUT2D eigenvalue weighted by Crippen LogP contribution is -2.36. The minimum atomic E-state index is -0.913. The lowest BCUT2D eigenvalue weighted by Gasteiger charge is -2.21. The summed E-state index contributed by atoms with van der Waals surface area (Å²) in [5.74, 6) is -0.859. The summed E-state index contributed by atoms with van der Waals surface area (Å²) < 4.78 is 0. The van der Waals surface area contributed by atoms with Crippen molar-refractivity contribution in [3.05, 3.63) is 0 Å². The van der Waals surface area contributed by atoms with Gasteiger partial charge in [-0.15, -0.1) is 0 Å². The molecule has 2 atom stereocenters. The van der Waals surface area contributed by atoms with E-state index in [1.807, 2.05) is 27.7 Å². The number of likely N-dealkylation sites (N-methyl/N-ethyl adjacent to an activating group) is 1. The van der Waals surface area contributed by atoms with Gasteiger partial charge in [-0.25, -0.2) is 0 Å². The highest BCUT2D eigenvalue weighted by Crippen LogP contribution is 2.08.